The van der Waals surface area contributed by atoms with Crippen LogP contribution in [0.25, 0.3) is 0 Å². The van der Waals surface area contributed by atoms with Gasteiger partial charge in [0.2, 0.25) is 5.91 Å². The van der Waals surface area contributed by atoms with Crippen LogP contribution < -0.4 is 0 Å². The Morgan fingerprint density at radius 1 is 1.12 bits per heavy atom. The van der Waals surface area contributed by atoms with E-state index in [1.807, 2.05) is 0 Å². The van der Waals surface area contributed by atoms with E-state index >= 15 is 0 Å². The minimum absolute atomic E-state index is 0.0294. The van der Waals surface area contributed by atoms with E-state index in [0.29, 0.717) is 12.5 Å². The molecule has 0 bridgehead atoms. The molecule has 138 valence electrons. The molecule has 2 saturated heterocycles. The second-order valence-electron chi connectivity index (χ2n) is 7.07. The van der Waals surface area contributed by atoms with E-state index in [0.717, 1.165) is 58.4 Å². The van der Waals surface area contributed by atoms with Crippen LogP contribution in [0.3, 0.4) is 0 Å². The molecule has 2 aliphatic heterocycles. The number of carbonyl (C=O) groups is 1. The fraction of sp³-hybridized carbons (Fsp3) is 0.765. The van der Waals surface area contributed by atoms with Gasteiger partial charge < -0.3 is 9.80 Å². The maximum atomic E-state index is 12.7. The number of piperidine rings is 1. The standard InChI is InChI=1S/C17H27N5O3/c23-17(20-7-3-1-2-4-8-20)15-5-9-19(10-6-15)11-12-21-14-16(13-18-21)22(24)25/h13-15H,1-12H2. The third-order valence-electron chi connectivity index (χ3n) is 5.33. The zero-order chi connectivity index (χ0) is 17.6. The van der Waals surface area contributed by atoms with Crippen molar-refractivity contribution in [3.8, 4) is 0 Å². The smallest absolute Gasteiger partial charge is 0.306 e. The lowest BCUT2D eigenvalue weighted by atomic mass is 9.95. The van der Waals surface area contributed by atoms with Crippen molar-refractivity contribution in [3.63, 3.8) is 0 Å². The molecule has 3 heterocycles. The van der Waals surface area contributed by atoms with Crippen molar-refractivity contribution in [2.45, 2.75) is 45.1 Å². The van der Waals surface area contributed by atoms with E-state index in [2.05, 4.69) is 14.9 Å². The highest BCUT2D eigenvalue weighted by atomic mass is 16.6. The van der Waals surface area contributed by atoms with Gasteiger partial charge in [-0.2, -0.15) is 5.10 Å². The highest BCUT2D eigenvalue weighted by Crippen LogP contribution is 2.21. The van der Waals surface area contributed by atoms with Gasteiger partial charge in [0.1, 0.15) is 12.4 Å². The molecule has 0 spiro atoms. The van der Waals surface area contributed by atoms with Crippen molar-refractivity contribution >= 4 is 11.6 Å². The molecular weight excluding hydrogens is 322 g/mol. The van der Waals surface area contributed by atoms with Gasteiger partial charge in [-0.1, -0.05) is 12.8 Å². The number of nitro groups is 1. The number of aromatic nitrogens is 2. The Balaban J connectivity index is 1.41. The van der Waals surface area contributed by atoms with Gasteiger partial charge >= 0.3 is 5.69 Å². The van der Waals surface area contributed by atoms with Crippen LogP contribution >= 0.6 is 0 Å². The molecule has 1 aromatic rings. The average molecular weight is 349 g/mol. The quantitative estimate of drug-likeness (QED) is 0.599. The lowest BCUT2D eigenvalue weighted by Gasteiger charge is -2.34. The molecule has 0 saturated carbocycles. The molecule has 2 aliphatic rings. The van der Waals surface area contributed by atoms with Gasteiger partial charge in [-0.3, -0.25) is 19.6 Å². The highest BCUT2D eigenvalue weighted by Gasteiger charge is 2.28. The van der Waals surface area contributed by atoms with Gasteiger partial charge in [0.25, 0.3) is 0 Å². The van der Waals surface area contributed by atoms with Crippen molar-refractivity contribution in [1.29, 1.82) is 0 Å². The molecule has 1 aromatic heterocycles. The Morgan fingerprint density at radius 3 is 2.40 bits per heavy atom. The molecule has 0 atom stereocenters. The van der Waals surface area contributed by atoms with E-state index < -0.39 is 4.92 Å². The minimum atomic E-state index is -0.427. The number of amides is 1. The third-order valence-corrected chi connectivity index (χ3v) is 5.33. The molecule has 8 heteroatoms. The third kappa shape index (κ3) is 4.78. The molecule has 0 N–H and O–H groups in total. The molecule has 8 nitrogen and oxygen atoms in total. The Morgan fingerprint density at radius 2 is 1.80 bits per heavy atom. The summed E-state index contributed by atoms with van der Waals surface area (Å²) in [5.41, 5.74) is 0.0294. The van der Waals surface area contributed by atoms with Crippen LogP contribution in [0.2, 0.25) is 0 Å². The van der Waals surface area contributed by atoms with E-state index in [4.69, 9.17) is 0 Å². The number of likely N-dealkylation sites (tertiary alicyclic amines) is 2. The van der Waals surface area contributed by atoms with Gasteiger partial charge in [0.15, 0.2) is 0 Å². The molecule has 0 aromatic carbocycles. The average Bonchev–Trinajstić information content (AvgIpc) is 2.94. The first-order valence-electron chi connectivity index (χ1n) is 9.31. The molecule has 0 radical (unpaired) electrons. The van der Waals surface area contributed by atoms with E-state index in [1.165, 1.54) is 25.2 Å². The van der Waals surface area contributed by atoms with Crippen molar-refractivity contribution in [1.82, 2.24) is 19.6 Å². The van der Waals surface area contributed by atoms with Gasteiger partial charge in [-0.25, -0.2) is 0 Å². The Labute approximate surface area is 147 Å². The monoisotopic (exact) mass is 349 g/mol. The van der Waals surface area contributed by atoms with Crippen LogP contribution in [0.4, 0.5) is 5.69 Å². The summed E-state index contributed by atoms with van der Waals surface area (Å²) in [5, 5.41) is 14.7. The van der Waals surface area contributed by atoms with E-state index in [-0.39, 0.29) is 11.6 Å². The number of rotatable bonds is 5. The Hall–Kier alpha value is -1.96. The normalized spacial score (nSPS) is 20.4. The van der Waals surface area contributed by atoms with Crippen LogP contribution in [0.15, 0.2) is 12.4 Å². The van der Waals surface area contributed by atoms with Crippen molar-refractivity contribution in [3.05, 3.63) is 22.5 Å². The fourth-order valence-corrected chi connectivity index (χ4v) is 3.77. The van der Waals surface area contributed by atoms with Crippen molar-refractivity contribution in [2.24, 2.45) is 5.92 Å². The van der Waals surface area contributed by atoms with Gasteiger partial charge in [0.05, 0.1) is 11.5 Å². The largest absolute Gasteiger partial charge is 0.342 e. The summed E-state index contributed by atoms with van der Waals surface area (Å²) in [5.74, 6) is 0.518. The van der Waals surface area contributed by atoms with E-state index in [1.54, 1.807) is 4.68 Å². The predicted octanol–water partition coefficient (Wildman–Crippen LogP) is 1.91. The summed E-state index contributed by atoms with van der Waals surface area (Å²) >= 11 is 0. The molecular formula is C17H27N5O3. The Bertz CT molecular complexity index is 587. The second kappa shape index (κ2) is 8.42. The lowest BCUT2D eigenvalue weighted by molar-refractivity contribution is -0.385. The Kier molecular flexibility index (Phi) is 6.01. The SMILES string of the molecule is O=C(C1CCN(CCn2cc([N+](=O)[O-])cn2)CC1)N1CCCCCC1. The number of hydrogen-bond acceptors (Lipinski definition) is 5. The van der Waals surface area contributed by atoms with Gasteiger partial charge in [-0.15, -0.1) is 0 Å². The van der Waals surface area contributed by atoms with Crippen LogP contribution in [0, 0.1) is 16.0 Å². The lowest BCUT2D eigenvalue weighted by Crippen LogP contribution is -2.43. The first-order chi connectivity index (χ1) is 12.1. The summed E-state index contributed by atoms with van der Waals surface area (Å²) < 4.78 is 1.62. The molecule has 2 fully saturated rings. The summed E-state index contributed by atoms with van der Waals surface area (Å²) in [4.78, 5) is 27.3. The molecule has 0 unspecified atom stereocenters. The summed E-state index contributed by atoms with van der Waals surface area (Å²) in [6, 6.07) is 0. The maximum absolute atomic E-state index is 12.7. The fourth-order valence-electron chi connectivity index (χ4n) is 3.77. The van der Waals surface area contributed by atoms with Gasteiger partial charge in [0, 0.05) is 25.6 Å². The predicted molar refractivity (Wildman–Crippen MR) is 93.1 cm³/mol. The van der Waals surface area contributed by atoms with Crippen molar-refractivity contribution in [2.75, 3.05) is 32.7 Å². The van der Waals surface area contributed by atoms with Crippen LogP contribution in [-0.4, -0.2) is 63.1 Å². The first-order valence-corrected chi connectivity index (χ1v) is 9.31. The van der Waals surface area contributed by atoms with Crippen LogP contribution in [0.1, 0.15) is 38.5 Å². The molecule has 3 rings (SSSR count). The zero-order valence-electron chi connectivity index (χ0n) is 14.7. The molecule has 0 aliphatic carbocycles. The van der Waals surface area contributed by atoms with Crippen LogP contribution in [-0.2, 0) is 11.3 Å². The zero-order valence-corrected chi connectivity index (χ0v) is 14.7. The first kappa shape index (κ1) is 17.8. The molecule has 25 heavy (non-hydrogen) atoms. The summed E-state index contributed by atoms with van der Waals surface area (Å²) in [7, 11) is 0. The number of carbonyl (C=O) groups excluding carboxylic acids is 1. The maximum Gasteiger partial charge on any atom is 0.306 e. The van der Waals surface area contributed by atoms with Crippen molar-refractivity contribution < 1.29 is 9.72 Å². The molecule has 1 amide bonds. The van der Waals surface area contributed by atoms with Crippen LogP contribution in [0.5, 0.6) is 0 Å². The summed E-state index contributed by atoms with van der Waals surface area (Å²) in [6.45, 7) is 5.12. The van der Waals surface area contributed by atoms with Gasteiger partial charge in [-0.05, 0) is 38.8 Å². The number of nitrogens with zero attached hydrogens (tertiary/aromatic N) is 5. The summed E-state index contributed by atoms with van der Waals surface area (Å²) in [6.07, 6.45) is 9.34. The second-order valence-corrected chi connectivity index (χ2v) is 7.07. The highest BCUT2D eigenvalue weighted by molar-refractivity contribution is 5.79. The minimum Gasteiger partial charge on any atom is -0.342 e. The topological polar surface area (TPSA) is 84.5 Å². The van der Waals surface area contributed by atoms with E-state index in [9.17, 15) is 14.9 Å². The number of hydrogen-bond donors (Lipinski definition) is 0.